The number of fused-ring (bicyclic) bond motifs is 1. The van der Waals surface area contributed by atoms with Crippen molar-refractivity contribution >= 4 is 11.9 Å². The fourth-order valence-corrected chi connectivity index (χ4v) is 3.49. The largest absolute Gasteiger partial charge is 0.478 e. The molecular formula is C15H18O4. The van der Waals surface area contributed by atoms with Gasteiger partial charge in [-0.05, 0) is 40.5 Å². The first-order valence-corrected chi connectivity index (χ1v) is 6.22. The van der Waals surface area contributed by atoms with Crippen LogP contribution in [0.4, 0.5) is 0 Å². The SMILES string of the molecule is CC1(C)CC(C)(C)c2c(C(=O)O)cc(C(=O)O)cc21. The van der Waals surface area contributed by atoms with Gasteiger partial charge in [-0.1, -0.05) is 27.7 Å². The van der Waals surface area contributed by atoms with Gasteiger partial charge in [0.2, 0.25) is 0 Å². The van der Waals surface area contributed by atoms with Crippen LogP contribution in [-0.2, 0) is 10.8 Å². The molecule has 0 spiro atoms. The zero-order chi connectivity index (χ0) is 14.6. The third-order valence-electron chi connectivity index (χ3n) is 3.91. The van der Waals surface area contributed by atoms with E-state index in [-0.39, 0.29) is 22.0 Å². The Balaban J connectivity index is 2.84. The van der Waals surface area contributed by atoms with E-state index >= 15 is 0 Å². The number of carbonyl (C=O) groups is 2. The molecule has 2 N–H and O–H groups in total. The van der Waals surface area contributed by atoms with Crippen molar-refractivity contribution in [2.45, 2.75) is 44.9 Å². The number of benzene rings is 1. The Labute approximate surface area is 112 Å². The molecular weight excluding hydrogens is 244 g/mol. The van der Waals surface area contributed by atoms with Crippen molar-refractivity contribution in [2.24, 2.45) is 0 Å². The summed E-state index contributed by atoms with van der Waals surface area (Å²) in [5.74, 6) is -2.16. The van der Waals surface area contributed by atoms with E-state index in [0.717, 1.165) is 17.5 Å². The van der Waals surface area contributed by atoms with Crippen LogP contribution in [0.2, 0.25) is 0 Å². The van der Waals surface area contributed by atoms with E-state index in [9.17, 15) is 14.7 Å². The molecule has 0 heterocycles. The van der Waals surface area contributed by atoms with Crippen LogP contribution in [0.5, 0.6) is 0 Å². The summed E-state index contributed by atoms with van der Waals surface area (Å²) in [6.07, 6.45) is 0.804. The summed E-state index contributed by atoms with van der Waals surface area (Å²) >= 11 is 0. The van der Waals surface area contributed by atoms with Gasteiger partial charge in [-0.25, -0.2) is 9.59 Å². The number of carboxylic acid groups (broad SMARTS) is 2. The monoisotopic (exact) mass is 262 g/mol. The van der Waals surface area contributed by atoms with E-state index in [4.69, 9.17) is 5.11 Å². The van der Waals surface area contributed by atoms with Crippen LogP contribution in [0.1, 0.15) is 66.0 Å². The minimum atomic E-state index is -1.09. The average Bonchev–Trinajstić information content (AvgIpc) is 2.43. The first kappa shape index (κ1) is 13.6. The Morgan fingerprint density at radius 2 is 1.58 bits per heavy atom. The summed E-state index contributed by atoms with van der Waals surface area (Å²) in [5, 5.41) is 18.5. The molecule has 1 aliphatic rings. The molecule has 2 rings (SSSR count). The molecule has 0 bridgehead atoms. The van der Waals surface area contributed by atoms with E-state index in [0.29, 0.717) is 0 Å². The van der Waals surface area contributed by atoms with Crippen molar-refractivity contribution in [3.8, 4) is 0 Å². The Bertz CT molecular complexity index is 582. The number of carboxylic acids is 2. The van der Waals surface area contributed by atoms with E-state index < -0.39 is 11.9 Å². The molecule has 1 aromatic carbocycles. The molecule has 0 saturated carbocycles. The van der Waals surface area contributed by atoms with Gasteiger partial charge in [0.25, 0.3) is 0 Å². The molecule has 0 radical (unpaired) electrons. The normalized spacial score (nSPS) is 18.9. The molecule has 4 heteroatoms. The lowest BCUT2D eigenvalue weighted by atomic mass is 9.81. The quantitative estimate of drug-likeness (QED) is 0.859. The summed E-state index contributed by atoms with van der Waals surface area (Å²) in [6, 6.07) is 2.89. The first-order valence-electron chi connectivity index (χ1n) is 6.22. The maximum Gasteiger partial charge on any atom is 0.336 e. The van der Waals surface area contributed by atoms with Crippen molar-refractivity contribution in [1.82, 2.24) is 0 Å². The van der Waals surface area contributed by atoms with Crippen LogP contribution in [0.3, 0.4) is 0 Å². The number of rotatable bonds is 2. The zero-order valence-corrected chi connectivity index (χ0v) is 11.6. The molecule has 0 atom stereocenters. The predicted octanol–water partition coefficient (Wildman–Crippen LogP) is 3.04. The fourth-order valence-electron chi connectivity index (χ4n) is 3.49. The maximum atomic E-state index is 11.4. The molecule has 1 aliphatic carbocycles. The summed E-state index contributed by atoms with van der Waals surface area (Å²) in [4.78, 5) is 22.6. The van der Waals surface area contributed by atoms with Gasteiger partial charge in [0.05, 0.1) is 11.1 Å². The van der Waals surface area contributed by atoms with Crippen LogP contribution in [-0.4, -0.2) is 22.2 Å². The summed E-state index contributed by atoms with van der Waals surface area (Å²) in [5.41, 5.74) is 1.30. The average molecular weight is 262 g/mol. The number of hydrogen-bond acceptors (Lipinski definition) is 2. The molecule has 102 valence electrons. The smallest absolute Gasteiger partial charge is 0.336 e. The Kier molecular flexibility index (Phi) is 2.74. The van der Waals surface area contributed by atoms with Crippen LogP contribution < -0.4 is 0 Å². The Morgan fingerprint density at radius 1 is 1.00 bits per heavy atom. The van der Waals surface area contributed by atoms with Crippen molar-refractivity contribution in [1.29, 1.82) is 0 Å². The standard InChI is InChI=1S/C15H18O4/c1-14(2)7-15(3,4)11-9(13(18)19)5-8(12(16)17)6-10(11)14/h5-6H,7H2,1-4H3,(H,16,17)(H,18,19). The van der Waals surface area contributed by atoms with Gasteiger partial charge < -0.3 is 10.2 Å². The topological polar surface area (TPSA) is 74.6 Å². The second-order valence-corrected chi connectivity index (χ2v) is 6.50. The molecule has 0 saturated heterocycles. The molecule has 0 aliphatic heterocycles. The first-order chi connectivity index (χ1) is 8.56. The van der Waals surface area contributed by atoms with Gasteiger partial charge in [0.1, 0.15) is 0 Å². The van der Waals surface area contributed by atoms with Gasteiger partial charge in [-0.15, -0.1) is 0 Å². The highest BCUT2D eigenvalue weighted by Crippen LogP contribution is 2.50. The van der Waals surface area contributed by atoms with Crippen molar-refractivity contribution < 1.29 is 19.8 Å². The third-order valence-corrected chi connectivity index (χ3v) is 3.91. The minimum absolute atomic E-state index is 0.0434. The highest BCUT2D eigenvalue weighted by Gasteiger charge is 2.44. The van der Waals surface area contributed by atoms with E-state index in [1.54, 1.807) is 6.07 Å². The van der Waals surface area contributed by atoms with Crippen molar-refractivity contribution in [2.75, 3.05) is 0 Å². The molecule has 0 aromatic heterocycles. The molecule has 0 amide bonds. The van der Waals surface area contributed by atoms with Gasteiger partial charge >= 0.3 is 11.9 Å². The lowest BCUT2D eigenvalue weighted by Gasteiger charge is -2.23. The van der Waals surface area contributed by atoms with Gasteiger partial charge in [-0.3, -0.25) is 0 Å². The summed E-state index contributed by atoms with van der Waals surface area (Å²) in [6.45, 7) is 8.07. The predicted molar refractivity (Wildman–Crippen MR) is 71.0 cm³/mol. The Morgan fingerprint density at radius 3 is 2.05 bits per heavy atom. The van der Waals surface area contributed by atoms with Crippen molar-refractivity contribution in [3.05, 3.63) is 34.4 Å². The lowest BCUT2D eigenvalue weighted by molar-refractivity contribution is 0.0694. The van der Waals surface area contributed by atoms with Crippen LogP contribution in [0.25, 0.3) is 0 Å². The minimum Gasteiger partial charge on any atom is -0.478 e. The van der Waals surface area contributed by atoms with E-state index in [1.165, 1.54) is 6.07 Å². The van der Waals surface area contributed by atoms with Crippen LogP contribution in [0.15, 0.2) is 12.1 Å². The highest BCUT2D eigenvalue weighted by molar-refractivity contribution is 5.96. The zero-order valence-electron chi connectivity index (χ0n) is 11.6. The fraction of sp³-hybridized carbons (Fsp3) is 0.467. The van der Waals surface area contributed by atoms with Crippen molar-refractivity contribution in [3.63, 3.8) is 0 Å². The molecule has 0 fully saturated rings. The molecule has 19 heavy (non-hydrogen) atoms. The molecule has 0 unspecified atom stereocenters. The van der Waals surface area contributed by atoms with Gasteiger partial charge in [0, 0.05) is 0 Å². The van der Waals surface area contributed by atoms with E-state index in [1.807, 2.05) is 27.7 Å². The van der Waals surface area contributed by atoms with Gasteiger partial charge in [0.15, 0.2) is 0 Å². The summed E-state index contributed by atoms with van der Waals surface area (Å²) in [7, 11) is 0. The summed E-state index contributed by atoms with van der Waals surface area (Å²) < 4.78 is 0. The second kappa shape index (κ2) is 3.83. The van der Waals surface area contributed by atoms with Crippen LogP contribution in [0, 0.1) is 0 Å². The molecule has 1 aromatic rings. The van der Waals surface area contributed by atoms with Gasteiger partial charge in [-0.2, -0.15) is 0 Å². The number of hydrogen-bond donors (Lipinski definition) is 2. The second-order valence-electron chi connectivity index (χ2n) is 6.50. The number of aromatic carboxylic acids is 2. The highest BCUT2D eigenvalue weighted by atomic mass is 16.4. The lowest BCUT2D eigenvalue weighted by Crippen LogP contribution is -2.19. The van der Waals surface area contributed by atoms with Crippen LogP contribution >= 0.6 is 0 Å². The molecule has 4 nitrogen and oxygen atoms in total. The maximum absolute atomic E-state index is 11.4. The van der Waals surface area contributed by atoms with E-state index in [2.05, 4.69) is 0 Å². The Hall–Kier alpha value is -1.84. The third kappa shape index (κ3) is 2.01.